The summed E-state index contributed by atoms with van der Waals surface area (Å²) in [6.45, 7) is 2.91. The van der Waals surface area contributed by atoms with Gasteiger partial charge in [-0.1, -0.05) is 6.07 Å². The molecule has 1 aliphatic rings. The molecule has 1 unspecified atom stereocenters. The third-order valence-electron chi connectivity index (χ3n) is 4.06. The van der Waals surface area contributed by atoms with E-state index < -0.39 is 4.92 Å². The van der Waals surface area contributed by atoms with E-state index in [1.807, 2.05) is 0 Å². The van der Waals surface area contributed by atoms with Crippen molar-refractivity contribution in [2.75, 3.05) is 32.6 Å². The molecular weight excluding hydrogens is 270 g/mol. The van der Waals surface area contributed by atoms with E-state index in [0.717, 1.165) is 25.2 Å². The Morgan fingerprint density at radius 1 is 1.57 bits per heavy atom. The fourth-order valence-corrected chi connectivity index (χ4v) is 2.90. The van der Waals surface area contributed by atoms with Crippen molar-refractivity contribution < 1.29 is 4.92 Å². The van der Waals surface area contributed by atoms with Crippen molar-refractivity contribution in [2.45, 2.75) is 25.4 Å². The Balaban J connectivity index is 2.00. The number of hydrazine groups is 1. The first kappa shape index (κ1) is 15.7. The van der Waals surface area contributed by atoms with Crippen LogP contribution in [0.2, 0.25) is 0 Å². The van der Waals surface area contributed by atoms with E-state index >= 15 is 0 Å². The number of likely N-dealkylation sites (N-methyl/N-ethyl adjacent to an activating group) is 2. The third kappa shape index (κ3) is 3.90. The fraction of sp³-hybridized carbons (Fsp3) is 0.571. The van der Waals surface area contributed by atoms with Crippen molar-refractivity contribution in [2.24, 2.45) is 5.84 Å². The van der Waals surface area contributed by atoms with Gasteiger partial charge in [0.1, 0.15) is 5.69 Å². The maximum absolute atomic E-state index is 10.9. The highest BCUT2D eigenvalue weighted by Gasteiger charge is 2.22. The molecule has 1 atom stereocenters. The molecule has 0 aliphatic carbocycles. The van der Waals surface area contributed by atoms with Crippen molar-refractivity contribution in [3.8, 4) is 0 Å². The van der Waals surface area contributed by atoms with Crippen LogP contribution in [-0.2, 0) is 6.54 Å². The number of anilines is 1. The second-order valence-electron chi connectivity index (χ2n) is 5.73. The van der Waals surface area contributed by atoms with Gasteiger partial charge in [0.2, 0.25) is 0 Å². The number of nitrogens with one attached hydrogen (secondary N) is 1. The van der Waals surface area contributed by atoms with Crippen molar-refractivity contribution in [1.82, 2.24) is 9.80 Å². The highest BCUT2D eigenvalue weighted by Crippen LogP contribution is 2.25. The first-order valence-electron chi connectivity index (χ1n) is 7.14. The zero-order valence-corrected chi connectivity index (χ0v) is 12.6. The van der Waals surface area contributed by atoms with E-state index in [2.05, 4.69) is 29.3 Å². The summed E-state index contributed by atoms with van der Waals surface area (Å²) in [4.78, 5) is 15.1. The van der Waals surface area contributed by atoms with Crippen LogP contribution in [0.3, 0.4) is 0 Å². The summed E-state index contributed by atoms with van der Waals surface area (Å²) in [6, 6.07) is 5.63. The molecule has 1 aromatic carbocycles. The van der Waals surface area contributed by atoms with Gasteiger partial charge in [0.25, 0.3) is 5.69 Å². The molecule has 1 aliphatic heterocycles. The highest BCUT2D eigenvalue weighted by atomic mass is 16.6. The Kier molecular flexibility index (Phi) is 5.11. The van der Waals surface area contributed by atoms with Gasteiger partial charge in [0.05, 0.1) is 4.92 Å². The van der Waals surface area contributed by atoms with Gasteiger partial charge in [0.15, 0.2) is 0 Å². The van der Waals surface area contributed by atoms with Crippen LogP contribution in [0.1, 0.15) is 18.4 Å². The molecule has 2 rings (SSSR count). The second kappa shape index (κ2) is 6.84. The Bertz CT molecular complexity index is 508. The Morgan fingerprint density at radius 3 is 2.90 bits per heavy atom. The Morgan fingerprint density at radius 2 is 2.33 bits per heavy atom. The number of nitrogens with two attached hydrogens (primary N) is 1. The van der Waals surface area contributed by atoms with E-state index in [1.165, 1.54) is 18.9 Å². The SMILES string of the molecule is CN(Cc1ccc([N+](=O)[O-])c(NN)c1)CC1CCCN1C. The molecular formula is C14H23N5O2. The molecule has 0 amide bonds. The molecule has 1 aromatic rings. The van der Waals surface area contributed by atoms with Crippen LogP contribution in [0.25, 0.3) is 0 Å². The molecule has 21 heavy (non-hydrogen) atoms. The van der Waals surface area contributed by atoms with Gasteiger partial charge >= 0.3 is 0 Å². The molecule has 7 heteroatoms. The topological polar surface area (TPSA) is 87.7 Å². The lowest BCUT2D eigenvalue weighted by atomic mass is 10.1. The number of nitro groups is 1. The summed E-state index contributed by atoms with van der Waals surface area (Å²) >= 11 is 0. The molecule has 116 valence electrons. The molecule has 7 nitrogen and oxygen atoms in total. The molecule has 0 radical (unpaired) electrons. The van der Waals surface area contributed by atoms with Crippen molar-refractivity contribution in [1.29, 1.82) is 0 Å². The zero-order chi connectivity index (χ0) is 15.4. The van der Waals surface area contributed by atoms with Crippen LogP contribution >= 0.6 is 0 Å². The minimum absolute atomic E-state index is 0.000528. The van der Waals surface area contributed by atoms with E-state index in [0.29, 0.717) is 11.7 Å². The van der Waals surface area contributed by atoms with Crippen molar-refractivity contribution in [3.05, 3.63) is 33.9 Å². The fourth-order valence-electron chi connectivity index (χ4n) is 2.90. The number of benzene rings is 1. The largest absolute Gasteiger partial charge is 0.318 e. The summed E-state index contributed by atoms with van der Waals surface area (Å²) in [5.41, 5.74) is 3.76. The van der Waals surface area contributed by atoms with Gasteiger partial charge in [-0.3, -0.25) is 16.0 Å². The second-order valence-corrected chi connectivity index (χ2v) is 5.73. The molecule has 3 N–H and O–H groups in total. The standard InChI is InChI=1S/C14H23N5O2/c1-17(10-12-4-3-7-18(12)2)9-11-5-6-14(19(20)21)13(8-11)16-15/h5-6,8,12,16H,3-4,7,9-10,15H2,1-2H3. The summed E-state index contributed by atoms with van der Waals surface area (Å²) in [6.07, 6.45) is 2.49. The average Bonchev–Trinajstić information content (AvgIpc) is 2.83. The third-order valence-corrected chi connectivity index (χ3v) is 4.06. The first-order chi connectivity index (χ1) is 10.0. The van der Waals surface area contributed by atoms with E-state index in [1.54, 1.807) is 12.1 Å². The van der Waals surface area contributed by atoms with Crippen molar-refractivity contribution >= 4 is 11.4 Å². The van der Waals surface area contributed by atoms with E-state index in [9.17, 15) is 10.1 Å². The van der Waals surface area contributed by atoms with E-state index in [-0.39, 0.29) is 5.69 Å². The maximum atomic E-state index is 10.9. The Hall–Kier alpha value is -1.70. The van der Waals surface area contributed by atoms with Crippen LogP contribution in [0.5, 0.6) is 0 Å². The number of hydrogen-bond donors (Lipinski definition) is 2. The predicted molar refractivity (Wildman–Crippen MR) is 82.9 cm³/mol. The first-order valence-corrected chi connectivity index (χ1v) is 7.14. The van der Waals surface area contributed by atoms with Crippen molar-refractivity contribution in [3.63, 3.8) is 0 Å². The maximum Gasteiger partial charge on any atom is 0.293 e. The molecule has 0 spiro atoms. The molecule has 0 bridgehead atoms. The normalized spacial score (nSPS) is 19.1. The summed E-state index contributed by atoms with van der Waals surface area (Å²) < 4.78 is 0. The summed E-state index contributed by atoms with van der Waals surface area (Å²) in [5.74, 6) is 5.36. The van der Waals surface area contributed by atoms with Gasteiger partial charge in [-0.05, 0) is 45.1 Å². The van der Waals surface area contributed by atoms with Gasteiger partial charge in [-0.2, -0.15) is 0 Å². The van der Waals surface area contributed by atoms with Crippen LogP contribution in [0.4, 0.5) is 11.4 Å². The predicted octanol–water partition coefficient (Wildman–Crippen LogP) is 1.41. The number of nitrogen functional groups attached to an aromatic ring is 1. The van der Waals surface area contributed by atoms with Gasteiger partial charge < -0.3 is 15.2 Å². The molecule has 0 saturated carbocycles. The highest BCUT2D eigenvalue weighted by molar-refractivity contribution is 5.62. The number of rotatable bonds is 6. The summed E-state index contributed by atoms with van der Waals surface area (Å²) in [5, 5.41) is 10.9. The monoisotopic (exact) mass is 293 g/mol. The smallest absolute Gasteiger partial charge is 0.293 e. The van der Waals surface area contributed by atoms with Crippen LogP contribution in [-0.4, -0.2) is 47.9 Å². The van der Waals surface area contributed by atoms with Gasteiger partial charge in [0, 0.05) is 25.2 Å². The average molecular weight is 293 g/mol. The van der Waals surface area contributed by atoms with E-state index in [4.69, 9.17) is 5.84 Å². The number of likely N-dealkylation sites (tertiary alicyclic amines) is 1. The van der Waals surface area contributed by atoms with Gasteiger partial charge in [-0.25, -0.2) is 0 Å². The lowest BCUT2D eigenvalue weighted by Gasteiger charge is -2.25. The minimum atomic E-state index is -0.434. The Labute approximate surface area is 124 Å². The number of hydrogen-bond acceptors (Lipinski definition) is 6. The molecule has 1 saturated heterocycles. The lowest BCUT2D eigenvalue weighted by Crippen LogP contribution is -2.36. The van der Waals surface area contributed by atoms with Crippen LogP contribution in [0, 0.1) is 10.1 Å². The summed E-state index contributed by atoms with van der Waals surface area (Å²) in [7, 11) is 4.23. The van der Waals surface area contributed by atoms with Crippen LogP contribution < -0.4 is 11.3 Å². The lowest BCUT2D eigenvalue weighted by molar-refractivity contribution is -0.384. The zero-order valence-electron chi connectivity index (χ0n) is 12.6. The number of nitro benzene ring substituents is 1. The molecule has 1 heterocycles. The molecule has 0 aromatic heterocycles. The quantitative estimate of drug-likeness (QED) is 0.468. The van der Waals surface area contributed by atoms with Gasteiger partial charge in [-0.15, -0.1) is 0 Å². The number of nitrogens with zero attached hydrogens (tertiary/aromatic N) is 3. The minimum Gasteiger partial charge on any atom is -0.318 e. The van der Waals surface area contributed by atoms with Crippen LogP contribution in [0.15, 0.2) is 18.2 Å². The molecule has 1 fully saturated rings.